The second-order valence-corrected chi connectivity index (χ2v) is 18.4. The van der Waals surface area contributed by atoms with Gasteiger partial charge in [0.15, 0.2) is 6.10 Å². The molecule has 6 heteroatoms. The van der Waals surface area contributed by atoms with Crippen molar-refractivity contribution in [3.63, 3.8) is 0 Å². The Morgan fingerprint density at radius 2 is 0.591 bits per heavy atom. The Kier molecular flexibility index (Phi) is 51.9. The van der Waals surface area contributed by atoms with Crippen molar-refractivity contribution < 1.29 is 28.6 Å². The van der Waals surface area contributed by atoms with Gasteiger partial charge in [0.25, 0.3) is 0 Å². The highest BCUT2D eigenvalue weighted by atomic mass is 16.6. The maximum atomic E-state index is 12.8. The predicted octanol–water partition coefficient (Wildman–Crippen LogP) is 18.6. The van der Waals surface area contributed by atoms with Gasteiger partial charge in [-0.3, -0.25) is 14.4 Å². The molecule has 0 rings (SSSR count). The Morgan fingerprint density at radius 3 is 0.924 bits per heavy atom. The molecule has 380 valence electrons. The molecule has 0 heterocycles. The fraction of sp³-hybridized carbons (Fsp3) is 0.750. The number of unbranched alkanes of at least 4 members (excludes halogenated alkanes) is 27. The van der Waals surface area contributed by atoms with E-state index in [1.807, 2.05) is 0 Å². The molecule has 0 aliphatic carbocycles. The number of rotatable bonds is 50. The lowest BCUT2D eigenvalue weighted by molar-refractivity contribution is -0.167. The summed E-state index contributed by atoms with van der Waals surface area (Å²) in [5.74, 6) is -0.902. The Morgan fingerprint density at radius 1 is 0.318 bits per heavy atom. The quantitative estimate of drug-likeness (QED) is 0.0262. The lowest BCUT2D eigenvalue weighted by atomic mass is 10.0. The Labute approximate surface area is 408 Å². The minimum Gasteiger partial charge on any atom is -0.462 e. The number of hydrogen-bond donors (Lipinski definition) is 0. The molecule has 0 fully saturated rings. The third-order valence-electron chi connectivity index (χ3n) is 12.0. The van der Waals surface area contributed by atoms with Gasteiger partial charge < -0.3 is 14.2 Å². The fourth-order valence-corrected chi connectivity index (χ4v) is 7.82. The summed E-state index contributed by atoms with van der Waals surface area (Å²) in [5, 5.41) is 0. The summed E-state index contributed by atoms with van der Waals surface area (Å²) in [7, 11) is 0. The predicted molar refractivity (Wildman–Crippen MR) is 284 cm³/mol. The lowest BCUT2D eigenvalue weighted by Gasteiger charge is -2.18. The van der Waals surface area contributed by atoms with Crippen molar-refractivity contribution in [3.05, 3.63) is 72.9 Å². The van der Waals surface area contributed by atoms with E-state index >= 15 is 0 Å². The number of allylic oxidation sites excluding steroid dienone is 12. The van der Waals surface area contributed by atoms with E-state index in [0.717, 1.165) is 109 Å². The molecular formula is C60H104O6. The molecule has 6 nitrogen and oxygen atoms in total. The van der Waals surface area contributed by atoms with Gasteiger partial charge in [-0.25, -0.2) is 0 Å². The summed E-state index contributed by atoms with van der Waals surface area (Å²) in [5.41, 5.74) is 0. The van der Waals surface area contributed by atoms with Gasteiger partial charge in [0.1, 0.15) is 13.2 Å². The van der Waals surface area contributed by atoms with E-state index < -0.39 is 6.10 Å². The SMILES string of the molecule is CC/C=C\C/C=C\C/C=C\CCCCCCCCCCCC(=O)OCC(COC(=O)CCCCCC/C=C\C/C=C\C/C=C\CC)OC(=O)CCCCCCCCCCCCCCCCC. The Balaban J connectivity index is 4.38. The number of esters is 3. The zero-order chi connectivity index (χ0) is 47.9. The zero-order valence-corrected chi connectivity index (χ0v) is 43.4. The standard InChI is InChI=1S/C60H104O6/c1-4-7-10-13-16-19-22-25-28-29-30-31-33-35-38-41-44-47-50-53-59(62)65-56-57(55-64-58(61)52-49-46-43-40-37-34-27-24-21-18-15-12-9-6-3)66-60(63)54-51-48-45-42-39-36-32-26-23-20-17-14-11-8-5-2/h7,9-10,12,16,18-19,21,25,27-28,34,57H,4-6,8,11,13-15,17,20,22-24,26,29-33,35-56H2,1-3H3/b10-7-,12-9-,19-16-,21-18-,28-25-,34-27-. The first kappa shape index (κ1) is 62.8. The molecule has 0 aromatic carbocycles. The van der Waals surface area contributed by atoms with Gasteiger partial charge in [-0.2, -0.15) is 0 Å². The molecule has 0 aromatic rings. The average Bonchev–Trinajstić information content (AvgIpc) is 3.31. The molecule has 0 saturated heterocycles. The highest BCUT2D eigenvalue weighted by Crippen LogP contribution is 2.16. The summed E-state index contributed by atoms with van der Waals surface area (Å²) in [6.45, 7) is 6.41. The molecule has 0 spiro atoms. The summed E-state index contributed by atoms with van der Waals surface area (Å²) in [6, 6.07) is 0. The molecule has 1 unspecified atom stereocenters. The van der Waals surface area contributed by atoms with E-state index in [0.29, 0.717) is 19.3 Å². The Hall–Kier alpha value is -3.15. The number of carbonyl (C=O) groups excluding carboxylic acids is 3. The van der Waals surface area contributed by atoms with Gasteiger partial charge >= 0.3 is 17.9 Å². The maximum absolute atomic E-state index is 12.8. The van der Waals surface area contributed by atoms with Crippen molar-refractivity contribution in [2.75, 3.05) is 13.2 Å². The molecule has 0 aliphatic heterocycles. The molecule has 0 aromatic heterocycles. The van der Waals surface area contributed by atoms with Crippen LogP contribution in [0.4, 0.5) is 0 Å². The second-order valence-electron chi connectivity index (χ2n) is 18.4. The molecule has 0 amide bonds. The van der Waals surface area contributed by atoms with Gasteiger partial charge in [-0.05, 0) is 83.5 Å². The van der Waals surface area contributed by atoms with Crippen LogP contribution in [0.25, 0.3) is 0 Å². The van der Waals surface area contributed by atoms with Gasteiger partial charge in [-0.15, -0.1) is 0 Å². The van der Waals surface area contributed by atoms with Crippen LogP contribution in [0.2, 0.25) is 0 Å². The van der Waals surface area contributed by atoms with E-state index in [4.69, 9.17) is 14.2 Å². The normalized spacial score (nSPS) is 12.6. The van der Waals surface area contributed by atoms with E-state index in [-0.39, 0.29) is 31.1 Å². The number of carbonyl (C=O) groups is 3. The molecule has 0 radical (unpaired) electrons. The minimum absolute atomic E-state index is 0.0836. The summed E-state index contributed by atoms with van der Waals surface area (Å²) < 4.78 is 16.8. The molecular weight excluding hydrogens is 817 g/mol. The maximum Gasteiger partial charge on any atom is 0.306 e. The highest BCUT2D eigenvalue weighted by molar-refractivity contribution is 5.71. The van der Waals surface area contributed by atoms with Crippen LogP contribution in [-0.4, -0.2) is 37.2 Å². The van der Waals surface area contributed by atoms with Crippen LogP contribution in [0.1, 0.15) is 271 Å². The van der Waals surface area contributed by atoms with Gasteiger partial charge in [-0.1, -0.05) is 241 Å². The third-order valence-corrected chi connectivity index (χ3v) is 12.0. The van der Waals surface area contributed by atoms with E-state index in [2.05, 4.69) is 93.7 Å². The van der Waals surface area contributed by atoms with Crippen LogP contribution in [0.5, 0.6) is 0 Å². The van der Waals surface area contributed by atoms with Crippen LogP contribution < -0.4 is 0 Å². The highest BCUT2D eigenvalue weighted by Gasteiger charge is 2.19. The monoisotopic (exact) mass is 921 g/mol. The van der Waals surface area contributed by atoms with Gasteiger partial charge in [0, 0.05) is 19.3 Å². The minimum atomic E-state index is -0.785. The first-order valence-corrected chi connectivity index (χ1v) is 27.9. The van der Waals surface area contributed by atoms with E-state index in [9.17, 15) is 14.4 Å². The van der Waals surface area contributed by atoms with Gasteiger partial charge in [0.05, 0.1) is 0 Å². The summed E-state index contributed by atoms with van der Waals surface area (Å²) in [4.78, 5) is 38.1. The number of hydrogen-bond acceptors (Lipinski definition) is 6. The van der Waals surface area contributed by atoms with Crippen LogP contribution in [0, 0.1) is 0 Å². The van der Waals surface area contributed by atoms with Crippen LogP contribution in [0.15, 0.2) is 72.9 Å². The van der Waals surface area contributed by atoms with Crippen LogP contribution in [0.3, 0.4) is 0 Å². The first-order valence-electron chi connectivity index (χ1n) is 27.9. The number of ether oxygens (including phenoxy) is 3. The van der Waals surface area contributed by atoms with Crippen molar-refractivity contribution >= 4 is 17.9 Å². The first-order chi connectivity index (χ1) is 32.5. The van der Waals surface area contributed by atoms with Crippen LogP contribution in [-0.2, 0) is 28.6 Å². The molecule has 0 bridgehead atoms. The molecule has 0 saturated carbocycles. The van der Waals surface area contributed by atoms with E-state index in [1.165, 1.54) is 122 Å². The summed E-state index contributed by atoms with van der Waals surface area (Å²) in [6.07, 6.45) is 68.9. The molecule has 1 atom stereocenters. The second kappa shape index (κ2) is 54.5. The Bertz CT molecular complexity index is 1240. The summed E-state index contributed by atoms with van der Waals surface area (Å²) >= 11 is 0. The van der Waals surface area contributed by atoms with Crippen molar-refractivity contribution in [3.8, 4) is 0 Å². The largest absolute Gasteiger partial charge is 0.462 e. The van der Waals surface area contributed by atoms with Gasteiger partial charge in [0.2, 0.25) is 0 Å². The van der Waals surface area contributed by atoms with Crippen molar-refractivity contribution in [1.82, 2.24) is 0 Å². The zero-order valence-electron chi connectivity index (χ0n) is 43.4. The average molecular weight is 921 g/mol. The van der Waals surface area contributed by atoms with Crippen molar-refractivity contribution in [2.24, 2.45) is 0 Å². The third kappa shape index (κ3) is 51.8. The molecule has 0 N–H and O–H groups in total. The smallest absolute Gasteiger partial charge is 0.306 e. The van der Waals surface area contributed by atoms with E-state index in [1.54, 1.807) is 0 Å². The van der Waals surface area contributed by atoms with Crippen molar-refractivity contribution in [1.29, 1.82) is 0 Å². The molecule has 0 aliphatic rings. The van der Waals surface area contributed by atoms with Crippen LogP contribution >= 0.6 is 0 Å². The molecule has 66 heavy (non-hydrogen) atoms. The fourth-order valence-electron chi connectivity index (χ4n) is 7.82. The topological polar surface area (TPSA) is 78.9 Å². The van der Waals surface area contributed by atoms with Crippen molar-refractivity contribution in [2.45, 2.75) is 277 Å². The lowest BCUT2D eigenvalue weighted by Crippen LogP contribution is -2.30.